The van der Waals surface area contributed by atoms with Crippen LogP contribution < -0.4 is 10.6 Å². The molecule has 0 amide bonds. The van der Waals surface area contributed by atoms with Gasteiger partial charge in [-0.15, -0.1) is 0 Å². The molecule has 0 bridgehead atoms. The van der Waals surface area contributed by atoms with E-state index in [0.29, 0.717) is 6.54 Å². The fraction of sp³-hybridized carbons (Fsp3) is 0.222. The average molecular weight is 280 g/mol. The van der Waals surface area contributed by atoms with E-state index in [0.717, 1.165) is 18.8 Å². The number of benzene rings is 3. The summed E-state index contributed by atoms with van der Waals surface area (Å²) >= 11 is 0. The lowest BCUT2D eigenvalue weighted by Crippen LogP contribution is -2.24. The lowest BCUT2D eigenvalue weighted by atomic mass is 10.0. The van der Waals surface area contributed by atoms with Crippen molar-refractivity contribution in [1.29, 1.82) is 0 Å². The average Bonchev–Trinajstić information content (AvgIpc) is 2.53. The van der Waals surface area contributed by atoms with Gasteiger partial charge in [-0.1, -0.05) is 36.4 Å². The number of anilines is 1. The van der Waals surface area contributed by atoms with Gasteiger partial charge in [0.2, 0.25) is 0 Å². The van der Waals surface area contributed by atoms with Crippen LogP contribution in [0.1, 0.15) is 0 Å². The van der Waals surface area contributed by atoms with E-state index < -0.39 is 0 Å². The molecule has 0 saturated heterocycles. The Labute approximate surface area is 124 Å². The maximum absolute atomic E-state index is 8.74. The molecule has 0 aromatic heterocycles. The van der Waals surface area contributed by atoms with Crippen molar-refractivity contribution in [2.24, 2.45) is 0 Å². The standard InChI is InChI=1S/C18H20N2O/c21-11-10-19-8-9-20-18-7-3-6-16-12-14-4-1-2-5-15(14)13-17(16)18/h1-7,12-13,19-21H,8-11H2. The Hall–Kier alpha value is -2.10. The second-order valence-corrected chi connectivity index (χ2v) is 5.13. The maximum atomic E-state index is 8.74. The molecule has 0 aliphatic carbocycles. The van der Waals surface area contributed by atoms with Crippen molar-refractivity contribution in [2.75, 3.05) is 31.6 Å². The van der Waals surface area contributed by atoms with Gasteiger partial charge < -0.3 is 15.7 Å². The van der Waals surface area contributed by atoms with Crippen molar-refractivity contribution in [3.05, 3.63) is 54.6 Å². The minimum Gasteiger partial charge on any atom is -0.395 e. The lowest BCUT2D eigenvalue weighted by molar-refractivity contribution is 0.293. The summed E-state index contributed by atoms with van der Waals surface area (Å²) < 4.78 is 0. The summed E-state index contributed by atoms with van der Waals surface area (Å²) in [5.74, 6) is 0. The number of nitrogens with one attached hydrogen (secondary N) is 2. The van der Waals surface area contributed by atoms with Crippen molar-refractivity contribution < 1.29 is 5.11 Å². The summed E-state index contributed by atoms with van der Waals surface area (Å²) in [5.41, 5.74) is 1.16. The van der Waals surface area contributed by atoms with Crippen LogP contribution in [0.4, 0.5) is 5.69 Å². The SMILES string of the molecule is OCCNCCNc1cccc2cc3ccccc3cc12. The predicted molar refractivity (Wildman–Crippen MR) is 89.9 cm³/mol. The van der Waals surface area contributed by atoms with Crippen LogP contribution in [-0.4, -0.2) is 31.3 Å². The number of rotatable bonds is 6. The first-order valence-electron chi connectivity index (χ1n) is 7.35. The Morgan fingerprint density at radius 3 is 2.33 bits per heavy atom. The molecule has 0 aliphatic heterocycles. The summed E-state index contributed by atoms with van der Waals surface area (Å²) in [6.07, 6.45) is 0. The van der Waals surface area contributed by atoms with Gasteiger partial charge >= 0.3 is 0 Å². The number of fused-ring (bicyclic) bond motifs is 2. The molecule has 0 spiro atoms. The third-order valence-corrected chi connectivity index (χ3v) is 3.65. The number of hydrogen-bond donors (Lipinski definition) is 3. The summed E-state index contributed by atoms with van der Waals surface area (Å²) in [5, 5.41) is 20.4. The quantitative estimate of drug-likeness (QED) is 0.480. The topological polar surface area (TPSA) is 44.3 Å². The largest absolute Gasteiger partial charge is 0.395 e. The van der Waals surface area contributed by atoms with Crippen LogP contribution in [-0.2, 0) is 0 Å². The zero-order valence-electron chi connectivity index (χ0n) is 12.0. The van der Waals surface area contributed by atoms with E-state index in [2.05, 4.69) is 65.2 Å². The van der Waals surface area contributed by atoms with Gasteiger partial charge in [-0.2, -0.15) is 0 Å². The third kappa shape index (κ3) is 3.15. The van der Waals surface area contributed by atoms with Gasteiger partial charge in [0.1, 0.15) is 0 Å². The lowest BCUT2D eigenvalue weighted by Gasteiger charge is -2.11. The fourth-order valence-electron chi connectivity index (χ4n) is 2.61. The van der Waals surface area contributed by atoms with E-state index in [-0.39, 0.29) is 6.61 Å². The molecule has 0 radical (unpaired) electrons. The second-order valence-electron chi connectivity index (χ2n) is 5.13. The van der Waals surface area contributed by atoms with Crippen molar-refractivity contribution in [2.45, 2.75) is 0 Å². The van der Waals surface area contributed by atoms with Crippen LogP contribution in [0.25, 0.3) is 21.5 Å². The van der Waals surface area contributed by atoms with Crippen LogP contribution in [0, 0.1) is 0 Å². The van der Waals surface area contributed by atoms with Crippen LogP contribution in [0.15, 0.2) is 54.6 Å². The molecule has 3 heteroatoms. The van der Waals surface area contributed by atoms with E-state index in [4.69, 9.17) is 5.11 Å². The predicted octanol–water partition coefficient (Wildman–Crippen LogP) is 2.99. The van der Waals surface area contributed by atoms with Gasteiger partial charge in [-0.3, -0.25) is 0 Å². The van der Waals surface area contributed by atoms with Gasteiger partial charge in [-0.25, -0.2) is 0 Å². The van der Waals surface area contributed by atoms with E-state index in [1.54, 1.807) is 0 Å². The van der Waals surface area contributed by atoms with Crippen molar-refractivity contribution in [1.82, 2.24) is 5.32 Å². The molecule has 3 rings (SSSR count). The first-order chi connectivity index (χ1) is 10.4. The zero-order chi connectivity index (χ0) is 14.5. The van der Waals surface area contributed by atoms with E-state index in [1.165, 1.54) is 21.5 Å². The molecule has 0 heterocycles. The molecular weight excluding hydrogens is 260 g/mol. The van der Waals surface area contributed by atoms with Gasteiger partial charge in [0.05, 0.1) is 6.61 Å². The van der Waals surface area contributed by atoms with Crippen LogP contribution >= 0.6 is 0 Å². The molecule has 0 saturated carbocycles. The van der Waals surface area contributed by atoms with E-state index in [1.807, 2.05) is 0 Å². The Morgan fingerprint density at radius 1 is 0.762 bits per heavy atom. The molecule has 3 aromatic rings. The van der Waals surface area contributed by atoms with Crippen molar-refractivity contribution >= 4 is 27.2 Å². The fourth-order valence-corrected chi connectivity index (χ4v) is 2.61. The Morgan fingerprint density at radius 2 is 1.52 bits per heavy atom. The normalized spacial score (nSPS) is 11.1. The minimum atomic E-state index is 0.181. The number of aliphatic hydroxyl groups is 1. The van der Waals surface area contributed by atoms with E-state index >= 15 is 0 Å². The van der Waals surface area contributed by atoms with Crippen LogP contribution in [0.2, 0.25) is 0 Å². The Kier molecular flexibility index (Phi) is 4.34. The van der Waals surface area contributed by atoms with Gasteiger partial charge in [0.15, 0.2) is 0 Å². The first-order valence-corrected chi connectivity index (χ1v) is 7.35. The molecule has 0 fully saturated rings. The molecule has 0 aliphatic rings. The van der Waals surface area contributed by atoms with Crippen molar-refractivity contribution in [3.8, 4) is 0 Å². The maximum Gasteiger partial charge on any atom is 0.0555 e. The first kappa shape index (κ1) is 13.9. The van der Waals surface area contributed by atoms with Gasteiger partial charge in [-0.05, 0) is 34.4 Å². The Bertz CT molecular complexity index is 739. The zero-order valence-corrected chi connectivity index (χ0v) is 12.0. The number of aliphatic hydroxyl groups excluding tert-OH is 1. The molecule has 3 N–H and O–H groups in total. The van der Waals surface area contributed by atoms with Gasteiger partial charge in [0.25, 0.3) is 0 Å². The Balaban J connectivity index is 1.86. The highest BCUT2D eigenvalue weighted by molar-refractivity contribution is 6.03. The summed E-state index contributed by atoms with van der Waals surface area (Å²) in [4.78, 5) is 0. The smallest absolute Gasteiger partial charge is 0.0555 e. The van der Waals surface area contributed by atoms with Crippen LogP contribution in [0.3, 0.4) is 0 Å². The molecule has 0 atom stereocenters. The molecule has 3 aromatic carbocycles. The second kappa shape index (κ2) is 6.57. The van der Waals surface area contributed by atoms with Crippen LogP contribution in [0.5, 0.6) is 0 Å². The third-order valence-electron chi connectivity index (χ3n) is 3.65. The van der Waals surface area contributed by atoms with E-state index in [9.17, 15) is 0 Å². The number of hydrogen-bond acceptors (Lipinski definition) is 3. The van der Waals surface area contributed by atoms with Gasteiger partial charge in [0, 0.05) is 30.7 Å². The summed E-state index contributed by atoms with van der Waals surface area (Å²) in [6.45, 7) is 2.50. The molecule has 108 valence electrons. The highest BCUT2D eigenvalue weighted by Gasteiger charge is 2.02. The monoisotopic (exact) mass is 280 g/mol. The van der Waals surface area contributed by atoms with Crippen molar-refractivity contribution in [3.63, 3.8) is 0 Å². The highest BCUT2D eigenvalue weighted by atomic mass is 16.3. The minimum absolute atomic E-state index is 0.181. The molecule has 3 nitrogen and oxygen atoms in total. The highest BCUT2D eigenvalue weighted by Crippen LogP contribution is 2.28. The summed E-state index contributed by atoms with van der Waals surface area (Å²) in [6, 6.07) is 19.3. The summed E-state index contributed by atoms with van der Waals surface area (Å²) in [7, 11) is 0. The molecule has 0 unspecified atom stereocenters. The molecule has 21 heavy (non-hydrogen) atoms. The molecular formula is C18H20N2O.